The molecule has 0 bridgehead atoms. The summed E-state index contributed by atoms with van der Waals surface area (Å²) in [5.74, 6) is -0.244. The third-order valence-electron chi connectivity index (χ3n) is 4.13. The Labute approximate surface area is 188 Å². The first kappa shape index (κ1) is 22.1. The highest BCUT2D eigenvalue weighted by atomic mass is 35.5. The minimum atomic E-state index is -0.371. The number of aromatic nitrogens is 1. The van der Waals surface area contributed by atoms with Crippen LogP contribution in [0.5, 0.6) is 5.75 Å². The van der Waals surface area contributed by atoms with Gasteiger partial charge in [-0.15, -0.1) is 11.3 Å². The predicted molar refractivity (Wildman–Crippen MR) is 120 cm³/mol. The van der Waals surface area contributed by atoms with E-state index in [-0.39, 0.29) is 18.4 Å². The summed E-state index contributed by atoms with van der Waals surface area (Å²) in [5, 5.41) is 4.46. The van der Waals surface area contributed by atoms with Crippen molar-refractivity contribution in [1.82, 2.24) is 9.88 Å². The lowest BCUT2D eigenvalue weighted by atomic mass is 10.1. The van der Waals surface area contributed by atoms with Gasteiger partial charge in [0.2, 0.25) is 0 Å². The zero-order chi connectivity index (χ0) is 21.7. The largest absolute Gasteiger partial charge is 0.483 e. The maximum Gasteiger partial charge on any atom is 0.261 e. The van der Waals surface area contributed by atoms with Gasteiger partial charge < -0.3 is 9.64 Å². The molecule has 0 aliphatic rings. The second-order valence-corrected chi connectivity index (χ2v) is 8.53. The Hall–Kier alpha value is -2.61. The normalized spacial score (nSPS) is 10.5. The number of halogens is 2. The van der Waals surface area contributed by atoms with Gasteiger partial charge in [-0.2, -0.15) is 0 Å². The molecule has 0 fully saturated rings. The van der Waals surface area contributed by atoms with Crippen molar-refractivity contribution in [3.63, 3.8) is 0 Å². The van der Waals surface area contributed by atoms with Gasteiger partial charge in [-0.05, 0) is 35.9 Å². The number of carbonyl (C=O) groups is 2. The van der Waals surface area contributed by atoms with Crippen LogP contribution in [-0.2, 0) is 11.2 Å². The first-order valence-corrected chi connectivity index (χ1v) is 10.5. The van der Waals surface area contributed by atoms with E-state index in [0.717, 1.165) is 10.4 Å². The molecule has 0 atom stereocenters. The van der Waals surface area contributed by atoms with E-state index in [2.05, 4.69) is 10.3 Å². The summed E-state index contributed by atoms with van der Waals surface area (Å²) < 4.78 is 5.53. The van der Waals surface area contributed by atoms with Gasteiger partial charge in [-0.3, -0.25) is 14.9 Å². The number of para-hydroxylation sites is 1. The van der Waals surface area contributed by atoms with Crippen LogP contribution in [0.1, 0.15) is 20.8 Å². The molecular formula is C21H19Cl2N3O3S. The van der Waals surface area contributed by atoms with Crippen LogP contribution in [0.15, 0.2) is 48.7 Å². The topological polar surface area (TPSA) is 71.5 Å². The van der Waals surface area contributed by atoms with E-state index in [1.807, 2.05) is 6.07 Å². The Morgan fingerprint density at radius 1 is 1.17 bits per heavy atom. The number of amides is 2. The van der Waals surface area contributed by atoms with E-state index >= 15 is 0 Å². The van der Waals surface area contributed by atoms with Crippen LogP contribution in [0.2, 0.25) is 10.0 Å². The number of benzene rings is 2. The van der Waals surface area contributed by atoms with Gasteiger partial charge in [0.1, 0.15) is 5.75 Å². The van der Waals surface area contributed by atoms with Crippen LogP contribution in [-0.4, -0.2) is 42.4 Å². The van der Waals surface area contributed by atoms with Crippen LogP contribution in [0.4, 0.5) is 5.13 Å². The third-order valence-corrected chi connectivity index (χ3v) is 5.64. The van der Waals surface area contributed by atoms with E-state index in [1.54, 1.807) is 56.7 Å². The summed E-state index contributed by atoms with van der Waals surface area (Å²) in [6.45, 7) is -0.154. The Morgan fingerprint density at radius 3 is 2.70 bits per heavy atom. The summed E-state index contributed by atoms with van der Waals surface area (Å²) in [5.41, 5.74) is 1.20. The second kappa shape index (κ2) is 9.93. The molecule has 1 aromatic heterocycles. The average molecular weight is 464 g/mol. The molecule has 0 unspecified atom stereocenters. The van der Waals surface area contributed by atoms with Gasteiger partial charge >= 0.3 is 0 Å². The van der Waals surface area contributed by atoms with E-state index in [9.17, 15) is 9.59 Å². The quantitative estimate of drug-likeness (QED) is 0.548. The van der Waals surface area contributed by atoms with E-state index in [0.29, 0.717) is 32.9 Å². The van der Waals surface area contributed by atoms with E-state index in [4.69, 9.17) is 27.9 Å². The smallest absolute Gasteiger partial charge is 0.261 e. The summed E-state index contributed by atoms with van der Waals surface area (Å²) in [4.78, 5) is 31.1. The first-order valence-electron chi connectivity index (χ1n) is 8.95. The highest BCUT2D eigenvalue weighted by molar-refractivity contribution is 7.15. The van der Waals surface area contributed by atoms with Crippen molar-refractivity contribution in [1.29, 1.82) is 0 Å². The molecule has 6 nitrogen and oxygen atoms in total. The number of hydrogen-bond acceptors (Lipinski definition) is 5. The van der Waals surface area contributed by atoms with Crippen LogP contribution in [0, 0.1) is 0 Å². The highest BCUT2D eigenvalue weighted by Gasteiger charge is 2.16. The fraction of sp³-hybridized carbons (Fsp3) is 0.190. The minimum absolute atomic E-state index is 0.154. The summed E-state index contributed by atoms with van der Waals surface area (Å²) in [6.07, 6.45) is 2.24. The lowest BCUT2D eigenvalue weighted by Gasteiger charge is -2.13. The average Bonchev–Trinajstić information content (AvgIpc) is 3.15. The zero-order valence-corrected chi connectivity index (χ0v) is 18.6. The van der Waals surface area contributed by atoms with Gasteiger partial charge in [-0.25, -0.2) is 4.98 Å². The molecule has 30 heavy (non-hydrogen) atoms. The lowest BCUT2D eigenvalue weighted by molar-refractivity contribution is -0.130. The Kier molecular flexibility index (Phi) is 7.31. The minimum Gasteiger partial charge on any atom is -0.483 e. The number of anilines is 1. The van der Waals surface area contributed by atoms with Crippen molar-refractivity contribution < 1.29 is 14.3 Å². The van der Waals surface area contributed by atoms with Gasteiger partial charge in [0, 0.05) is 41.6 Å². The number of nitrogens with zero attached hydrogens (tertiary/aromatic N) is 2. The first-order chi connectivity index (χ1) is 14.3. The summed E-state index contributed by atoms with van der Waals surface area (Å²) >= 11 is 13.6. The predicted octanol–water partition coefficient (Wildman–Crippen LogP) is 4.76. The Bertz CT molecular complexity index is 1070. The number of hydrogen-bond donors (Lipinski definition) is 1. The Morgan fingerprint density at radius 2 is 1.93 bits per heavy atom. The van der Waals surface area contributed by atoms with Gasteiger partial charge in [-0.1, -0.05) is 35.3 Å². The fourth-order valence-corrected chi connectivity index (χ4v) is 3.74. The van der Waals surface area contributed by atoms with E-state index < -0.39 is 0 Å². The van der Waals surface area contributed by atoms with Gasteiger partial charge in [0.05, 0.1) is 5.56 Å². The van der Waals surface area contributed by atoms with Crippen LogP contribution < -0.4 is 10.1 Å². The maximum absolute atomic E-state index is 12.7. The summed E-state index contributed by atoms with van der Waals surface area (Å²) in [6, 6.07) is 12.0. The van der Waals surface area contributed by atoms with Crippen LogP contribution in [0.25, 0.3) is 0 Å². The van der Waals surface area contributed by atoms with Crippen molar-refractivity contribution in [2.24, 2.45) is 0 Å². The highest BCUT2D eigenvalue weighted by Crippen LogP contribution is 2.28. The monoisotopic (exact) mass is 463 g/mol. The number of rotatable bonds is 7. The van der Waals surface area contributed by atoms with Crippen molar-refractivity contribution in [3.8, 4) is 5.75 Å². The van der Waals surface area contributed by atoms with Crippen molar-refractivity contribution in [2.45, 2.75) is 6.42 Å². The third kappa shape index (κ3) is 5.72. The molecule has 0 spiro atoms. The zero-order valence-electron chi connectivity index (χ0n) is 16.3. The molecule has 0 aliphatic carbocycles. The second-order valence-electron chi connectivity index (χ2n) is 6.57. The van der Waals surface area contributed by atoms with E-state index in [1.165, 1.54) is 16.2 Å². The van der Waals surface area contributed by atoms with Crippen molar-refractivity contribution in [2.75, 3.05) is 26.0 Å². The molecule has 2 amide bonds. The molecule has 1 heterocycles. The number of carbonyl (C=O) groups excluding carboxylic acids is 2. The molecule has 0 radical (unpaired) electrons. The molecule has 9 heteroatoms. The number of ether oxygens (including phenoxy) is 1. The number of nitrogens with one attached hydrogen (secondary N) is 1. The number of likely N-dealkylation sites (N-methyl/N-ethyl adjacent to an activating group) is 1. The van der Waals surface area contributed by atoms with Crippen LogP contribution in [0.3, 0.4) is 0 Å². The SMILES string of the molecule is CN(C)C(=O)COc1ccccc1C(=O)Nc1ncc(Cc2cc(Cl)ccc2Cl)s1. The Balaban J connectivity index is 1.68. The molecule has 2 aromatic carbocycles. The molecular weight excluding hydrogens is 445 g/mol. The number of thiazole rings is 1. The molecule has 0 aliphatic heterocycles. The fourth-order valence-electron chi connectivity index (χ4n) is 2.53. The molecule has 0 saturated heterocycles. The maximum atomic E-state index is 12.7. The van der Waals surface area contributed by atoms with Crippen molar-refractivity contribution in [3.05, 3.63) is 74.7 Å². The molecule has 0 saturated carbocycles. The van der Waals surface area contributed by atoms with Crippen LogP contribution >= 0.6 is 34.5 Å². The van der Waals surface area contributed by atoms with Crippen molar-refractivity contribution >= 4 is 51.5 Å². The molecule has 156 valence electrons. The molecule has 3 aromatic rings. The standard InChI is InChI=1S/C21H19Cl2N3O3S/c1-26(2)19(27)12-29-18-6-4-3-5-16(18)20(28)25-21-24-11-15(30-21)10-13-9-14(22)7-8-17(13)23/h3-9,11H,10,12H2,1-2H3,(H,24,25,28). The van der Waals surface area contributed by atoms with Gasteiger partial charge in [0.15, 0.2) is 11.7 Å². The van der Waals surface area contributed by atoms with Gasteiger partial charge in [0.25, 0.3) is 11.8 Å². The molecule has 3 rings (SSSR count). The summed E-state index contributed by atoms with van der Waals surface area (Å²) in [7, 11) is 3.28. The molecule has 1 N–H and O–H groups in total. The lowest BCUT2D eigenvalue weighted by Crippen LogP contribution is -2.28.